The largest absolute Gasteiger partial charge is 0.495 e. The lowest BCUT2D eigenvalue weighted by Gasteiger charge is -2.13. The molecule has 0 fully saturated rings. The molecule has 0 radical (unpaired) electrons. The second-order valence-electron chi connectivity index (χ2n) is 3.39. The van der Waals surface area contributed by atoms with Crippen molar-refractivity contribution in [3.05, 3.63) is 53.9 Å². The first-order valence-corrected chi connectivity index (χ1v) is 5.00. The van der Waals surface area contributed by atoms with Crippen molar-refractivity contribution in [1.29, 1.82) is 0 Å². The quantitative estimate of drug-likeness (QED) is 0.878. The summed E-state index contributed by atoms with van der Waals surface area (Å²) in [5.41, 5.74) is 0.400. The number of nitrogens with zero attached hydrogens (tertiary/aromatic N) is 2. The summed E-state index contributed by atoms with van der Waals surface area (Å²) >= 11 is 0. The zero-order valence-electron chi connectivity index (χ0n) is 9.17. The van der Waals surface area contributed by atoms with Crippen molar-refractivity contribution < 1.29 is 14.2 Å². The molecule has 0 aliphatic rings. The van der Waals surface area contributed by atoms with Gasteiger partial charge in [0.05, 0.1) is 13.3 Å². The van der Waals surface area contributed by atoms with Crippen LogP contribution in [0.5, 0.6) is 5.75 Å². The molecule has 2 rings (SSSR count). The first-order valence-electron chi connectivity index (χ1n) is 5.00. The summed E-state index contributed by atoms with van der Waals surface area (Å²) in [5, 5.41) is 10.1. The standard InChI is InChI=1S/C12H11FN2O2/c1-17-10-3-2-5-15-11(10)12(16)8-4-6-14-7-9(8)13/h2-7,12,16H,1H3. The van der Waals surface area contributed by atoms with E-state index in [-0.39, 0.29) is 11.3 Å². The molecule has 5 heteroatoms. The summed E-state index contributed by atoms with van der Waals surface area (Å²) in [7, 11) is 1.47. The number of halogens is 1. The lowest BCUT2D eigenvalue weighted by atomic mass is 10.1. The van der Waals surface area contributed by atoms with Gasteiger partial charge >= 0.3 is 0 Å². The Morgan fingerprint density at radius 1 is 1.35 bits per heavy atom. The number of rotatable bonds is 3. The SMILES string of the molecule is COc1cccnc1C(O)c1ccncc1F. The molecule has 2 heterocycles. The third kappa shape index (κ3) is 2.24. The summed E-state index contributed by atoms with van der Waals surface area (Å²) in [6, 6.07) is 4.75. The van der Waals surface area contributed by atoms with Crippen LogP contribution in [0.1, 0.15) is 17.4 Å². The van der Waals surface area contributed by atoms with E-state index in [1.165, 1.54) is 25.6 Å². The lowest BCUT2D eigenvalue weighted by molar-refractivity contribution is 0.204. The van der Waals surface area contributed by atoms with Crippen LogP contribution in [0.4, 0.5) is 4.39 Å². The molecule has 88 valence electrons. The van der Waals surface area contributed by atoms with Crippen molar-refractivity contribution in [3.63, 3.8) is 0 Å². The number of pyridine rings is 2. The minimum absolute atomic E-state index is 0.122. The van der Waals surface area contributed by atoms with E-state index in [4.69, 9.17) is 4.74 Å². The van der Waals surface area contributed by atoms with E-state index >= 15 is 0 Å². The number of hydrogen-bond acceptors (Lipinski definition) is 4. The maximum atomic E-state index is 13.5. The smallest absolute Gasteiger partial charge is 0.147 e. The number of methoxy groups -OCH3 is 1. The van der Waals surface area contributed by atoms with Crippen molar-refractivity contribution in [2.75, 3.05) is 7.11 Å². The van der Waals surface area contributed by atoms with Gasteiger partial charge in [0, 0.05) is 18.0 Å². The minimum atomic E-state index is -1.17. The highest BCUT2D eigenvalue weighted by molar-refractivity contribution is 5.34. The summed E-state index contributed by atoms with van der Waals surface area (Å²) in [6.07, 6.45) is 2.81. The Hall–Kier alpha value is -2.01. The van der Waals surface area contributed by atoms with Crippen LogP contribution < -0.4 is 4.74 Å². The first-order chi connectivity index (χ1) is 8.24. The van der Waals surface area contributed by atoms with Crippen LogP contribution >= 0.6 is 0 Å². The zero-order chi connectivity index (χ0) is 12.3. The molecule has 0 spiro atoms. The monoisotopic (exact) mass is 234 g/mol. The van der Waals surface area contributed by atoms with Crippen molar-refractivity contribution in [2.24, 2.45) is 0 Å². The van der Waals surface area contributed by atoms with Crippen molar-refractivity contribution in [3.8, 4) is 5.75 Å². The molecule has 17 heavy (non-hydrogen) atoms. The van der Waals surface area contributed by atoms with Gasteiger partial charge in [-0.2, -0.15) is 0 Å². The van der Waals surface area contributed by atoms with Crippen molar-refractivity contribution >= 4 is 0 Å². The molecule has 2 aromatic heterocycles. The predicted octanol–water partition coefficient (Wildman–Crippen LogP) is 1.71. The van der Waals surface area contributed by atoms with Gasteiger partial charge in [-0.15, -0.1) is 0 Å². The second kappa shape index (κ2) is 4.88. The molecular weight excluding hydrogens is 223 g/mol. The van der Waals surface area contributed by atoms with Gasteiger partial charge in [0.25, 0.3) is 0 Å². The molecule has 0 aliphatic heterocycles. The number of aliphatic hydroxyl groups excluding tert-OH is 1. The zero-order valence-corrected chi connectivity index (χ0v) is 9.17. The molecule has 0 aromatic carbocycles. The minimum Gasteiger partial charge on any atom is -0.495 e. The Morgan fingerprint density at radius 2 is 2.18 bits per heavy atom. The number of hydrogen-bond donors (Lipinski definition) is 1. The number of aliphatic hydroxyl groups is 1. The fourth-order valence-electron chi connectivity index (χ4n) is 1.54. The fourth-order valence-corrected chi connectivity index (χ4v) is 1.54. The van der Waals surface area contributed by atoms with E-state index in [9.17, 15) is 9.50 Å². The molecule has 0 bridgehead atoms. The molecule has 0 amide bonds. The summed E-state index contributed by atoms with van der Waals surface area (Å²) in [4.78, 5) is 7.63. The Morgan fingerprint density at radius 3 is 2.88 bits per heavy atom. The van der Waals surface area contributed by atoms with Crippen LogP contribution in [0.25, 0.3) is 0 Å². The van der Waals surface area contributed by atoms with Crippen LogP contribution in [-0.4, -0.2) is 22.2 Å². The van der Waals surface area contributed by atoms with Crippen LogP contribution in [0, 0.1) is 5.82 Å². The molecule has 1 atom stereocenters. The molecule has 0 saturated carbocycles. The molecule has 1 N–H and O–H groups in total. The number of ether oxygens (including phenoxy) is 1. The molecule has 1 unspecified atom stereocenters. The van der Waals surface area contributed by atoms with Gasteiger partial charge in [-0.05, 0) is 18.2 Å². The van der Waals surface area contributed by atoms with Gasteiger partial charge in [-0.3, -0.25) is 9.97 Å². The molecule has 4 nitrogen and oxygen atoms in total. The van der Waals surface area contributed by atoms with E-state index in [0.29, 0.717) is 5.75 Å². The van der Waals surface area contributed by atoms with E-state index in [1.807, 2.05) is 0 Å². The van der Waals surface area contributed by atoms with Crippen LogP contribution in [0.15, 0.2) is 36.8 Å². The normalized spacial score (nSPS) is 12.2. The Labute approximate surface area is 97.7 Å². The molecule has 2 aromatic rings. The fraction of sp³-hybridized carbons (Fsp3) is 0.167. The molecule has 0 aliphatic carbocycles. The summed E-state index contributed by atoms with van der Waals surface area (Å²) in [6.45, 7) is 0. The van der Waals surface area contributed by atoms with Crippen LogP contribution in [-0.2, 0) is 0 Å². The van der Waals surface area contributed by atoms with E-state index in [2.05, 4.69) is 9.97 Å². The van der Waals surface area contributed by atoms with Gasteiger partial charge < -0.3 is 9.84 Å². The molecule has 0 saturated heterocycles. The highest BCUT2D eigenvalue weighted by atomic mass is 19.1. The van der Waals surface area contributed by atoms with E-state index in [1.54, 1.807) is 12.1 Å². The van der Waals surface area contributed by atoms with Crippen molar-refractivity contribution in [1.82, 2.24) is 9.97 Å². The Bertz CT molecular complexity index is 519. The van der Waals surface area contributed by atoms with Crippen LogP contribution in [0.2, 0.25) is 0 Å². The number of aromatic nitrogens is 2. The Kier molecular flexibility index (Phi) is 3.30. The van der Waals surface area contributed by atoms with Gasteiger partial charge in [0.1, 0.15) is 23.4 Å². The summed E-state index contributed by atoms with van der Waals surface area (Å²) in [5.74, 6) is -0.163. The highest BCUT2D eigenvalue weighted by Crippen LogP contribution is 2.28. The topological polar surface area (TPSA) is 55.2 Å². The van der Waals surface area contributed by atoms with Gasteiger partial charge in [0.2, 0.25) is 0 Å². The predicted molar refractivity (Wildman–Crippen MR) is 59.0 cm³/mol. The van der Waals surface area contributed by atoms with Crippen molar-refractivity contribution in [2.45, 2.75) is 6.10 Å². The summed E-state index contributed by atoms with van der Waals surface area (Å²) < 4.78 is 18.5. The van der Waals surface area contributed by atoms with Gasteiger partial charge in [-0.25, -0.2) is 4.39 Å². The first kappa shape index (κ1) is 11.5. The van der Waals surface area contributed by atoms with Gasteiger partial charge in [-0.1, -0.05) is 0 Å². The molecular formula is C12H11FN2O2. The van der Waals surface area contributed by atoms with Gasteiger partial charge in [0.15, 0.2) is 0 Å². The average Bonchev–Trinajstić information content (AvgIpc) is 2.38. The lowest BCUT2D eigenvalue weighted by Crippen LogP contribution is -2.07. The average molecular weight is 234 g/mol. The van der Waals surface area contributed by atoms with E-state index in [0.717, 1.165) is 6.20 Å². The second-order valence-corrected chi connectivity index (χ2v) is 3.39. The van der Waals surface area contributed by atoms with E-state index < -0.39 is 11.9 Å². The Balaban J connectivity index is 2.44. The maximum absolute atomic E-state index is 13.5. The third-order valence-corrected chi connectivity index (χ3v) is 2.38. The van der Waals surface area contributed by atoms with Crippen LogP contribution in [0.3, 0.4) is 0 Å². The third-order valence-electron chi connectivity index (χ3n) is 2.38. The maximum Gasteiger partial charge on any atom is 0.147 e. The highest BCUT2D eigenvalue weighted by Gasteiger charge is 2.19.